The lowest BCUT2D eigenvalue weighted by molar-refractivity contribution is -0.167. The fourth-order valence-corrected chi connectivity index (χ4v) is 7.96. The lowest BCUT2D eigenvalue weighted by Gasteiger charge is -2.18. The molecule has 0 radical (unpaired) electrons. The minimum Gasteiger partial charge on any atom is -0.462 e. The second kappa shape index (κ2) is 45.9. The number of ether oxygens (including phenoxy) is 3. The van der Waals surface area contributed by atoms with Crippen LogP contribution in [0.2, 0.25) is 0 Å². The third-order valence-corrected chi connectivity index (χ3v) is 12.3. The number of hydrogen-bond donors (Lipinski definition) is 0. The van der Waals surface area contributed by atoms with Crippen molar-refractivity contribution in [2.45, 2.75) is 298 Å². The zero-order valence-corrected chi connectivity index (χ0v) is 40.4. The molecule has 0 bridgehead atoms. The number of rotatable bonds is 47. The number of carbonyl (C=O) groups excluding carboxylic acids is 3. The quantitative estimate of drug-likeness (QED) is 0.0345. The standard InChI is InChI=1S/C53H102O6/c1-6-8-9-10-11-12-13-14-15-19-22-28-33-38-43-51(54)57-46-50(59-53(56)45-40-35-30-25-24-27-32-37-42-49(5)7-2)47-58-52(55)44-39-34-29-23-20-17-16-18-21-26-31-36-41-48(3)4/h48-50H,6-47H2,1-5H3/t49?,50-/m0/s1. The summed E-state index contributed by atoms with van der Waals surface area (Å²) in [7, 11) is 0. The fourth-order valence-electron chi connectivity index (χ4n) is 7.96. The summed E-state index contributed by atoms with van der Waals surface area (Å²) in [4.78, 5) is 38.0. The topological polar surface area (TPSA) is 78.9 Å². The Kier molecular flexibility index (Phi) is 44.7. The molecule has 0 spiro atoms. The van der Waals surface area contributed by atoms with E-state index in [4.69, 9.17) is 14.2 Å². The molecule has 2 atom stereocenters. The Morgan fingerprint density at radius 1 is 0.356 bits per heavy atom. The van der Waals surface area contributed by atoms with E-state index in [9.17, 15) is 14.4 Å². The van der Waals surface area contributed by atoms with E-state index in [1.807, 2.05) is 0 Å². The molecule has 0 aliphatic carbocycles. The molecule has 0 saturated heterocycles. The Morgan fingerprint density at radius 2 is 0.644 bits per heavy atom. The molecule has 0 heterocycles. The van der Waals surface area contributed by atoms with Crippen molar-refractivity contribution in [2.75, 3.05) is 13.2 Å². The summed E-state index contributed by atoms with van der Waals surface area (Å²) in [6.45, 7) is 11.4. The van der Waals surface area contributed by atoms with Crippen molar-refractivity contribution in [3.05, 3.63) is 0 Å². The predicted molar refractivity (Wildman–Crippen MR) is 252 cm³/mol. The van der Waals surface area contributed by atoms with E-state index in [0.717, 1.165) is 69.6 Å². The van der Waals surface area contributed by atoms with Crippen molar-refractivity contribution < 1.29 is 28.6 Å². The number of unbranched alkanes of at least 4 members (excludes halogenated alkanes) is 31. The second-order valence-corrected chi connectivity index (χ2v) is 18.9. The highest BCUT2D eigenvalue weighted by atomic mass is 16.6. The third-order valence-electron chi connectivity index (χ3n) is 12.3. The molecule has 0 fully saturated rings. The first kappa shape index (κ1) is 57.4. The van der Waals surface area contributed by atoms with Crippen LogP contribution in [0.4, 0.5) is 0 Å². The summed E-state index contributed by atoms with van der Waals surface area (Å²) in [6, 6.07) is 0. The number of esters is 3. The van der Waals surface area contributed by atoms with Crippen LogP contribution in [0.5, 0.6) is 0 Å². The van der Waals surface area contributed by atoms with Crippen LogP contribution in [0.25, 0.3) is 0 Å². The molecule has 0 N–H and O–H groups in total. The first-order valence-corrected chi connectivity index (χ1v) is 26.3. The van der Waals surface area contributed by atoms with Gasteiger partial charge in [0, 0.05) is 19.3 Å². The summed E-state index contributed by atoms with van der Waals surface area (Å²) in [5.74, 6) is 0.830. The van der Waals surface area contributed by atoms with Gasteiger partial charge in [-0.25, -0.2) is 0 Å². The molecular formula is C53H102O6. The van der Waals surface area contributed by atoms with E-state index in [-0.39, 0.29) is 31.1 Å². The Hall–Kier alpha value is -1.59. The maximum Gasteiger partial charge on any atom is 0.306 e. The molecule has 0 aromatic carbocycles. The molecule has 59 heavy (non-hydrogen) atoms. The molecule has 6 heteroatoms. The third kappa shape index (κ3) is 45.8. The van der Waals surface area contributed by atoms with Gasteiger partial charge in [-0.2, -0.15) is 0 Å². The summed E-state index contributed by atoms with van der Waals surface area (Å²) in [6.07, 6.45) is 46.5. The first-order valence-electron chi connectivity index (χ1n) is 26.3. The normalized spacial score (nSPS) is 12.5. The van der Waals surface area contributed by atoms with Crippen molar-refractivity contribution in [3.63, 3.8) is 0 Å². The lowest BCUT2D eigenvalue weighted by atomic mass is 9.99. The molecule has 350 valence electrons. The van der Waals surface area contributed by atoms with Gasteiger partial charge in [0.25, 0.3) is 0 Å². The molecule has 0 aliphatic heterocycles. The monoisotopic (exact) mass is 835 g/mol. The maximum atomic E-state index is 12.8. The van der Waals surface area contributed by atoms with E-state index in [0.29, 0.717) is 19.3 Å². The van der Waals surface area contributed by atoms with Crippen LogP contribution in [-0.2, 0) is 28.6 Å². The second-order valence-electron chi connectivity index (χ2n) is 18.9. The van der Waals surface area contributed by atoms with E-state index in [1.165, 1.54) is 180 Å². The number of carbonyl (C=O) groups is 3. The Morgan fingerprint density at radius 3 is 0.966 bits per heavy atom. The molecule has 6 nitrogen and oxygen atoms in total. The van der Waals surface area contributed by atoms with Gasteiger partial charge in [0.1, 0.15) is 13.2 Å². The van der Waals surface area contributed by atoms with Crippen molar-refractivity contribution in [1.29, 1.82) is 0 Å². The van der Waals surface area contributed by atoms with Gasteiger partial charge >= 0.3 is 17.9 Å². The van der Waals surface area contributed by atoms with Crippen LogP contribution < -0.4 is 0 Å². The molecule has 0 aromatic rings. The summed E-state index contributed by atoms with van der Waals surface area (Å²) < 4.78 is 16.8. The lowest BCUT2D eigenvalue weighted by Crippen LogP contribution is -2.30. The van der Waals surface area contributed by atoms with Crippen molar-refractivity contribution in [1.82, 2.24) is 0 Å². The molecule has 0 aromatic heterocycles. The minimum absolute atomic E-state index is 0.0639. The highest BCUT2D eigenvalue weighted by Crippen LogP contribution is 2.18. The molecule has 0 aliphatic rings. The average molecular weight is 835 g/mol. The fraction of sp³-hybridized carbons (Fsp3) is 0.943. The molecule has 0 rings (SSSR count). The van der Waals surface area contributed by atoms with Gasteiger partial charge in [0.15, 0.2) is 6.10 Å². The van der Waals surface area contributed by atoms with E-state index >= 15 is 0 Å². The van der Waals surface area contributed by atoms with Crippen molar-refractivity contribution >= 4 is 17.9 Å². The zero-order valence-electron chi connectivity index (χ0n) is 40.4. The van der Waals surface area contributed by atoms with Gasteiger partial charge in [-0.1, -0.05) is 253 Å². The zero-order chi connectivity index (χ0) is 43.3. The highest BCUT2D eigenvalue weighted by Gasteiger charge is 2.19. The highest BCUT2D eigenvalue weighted by molar-refractivity contribution is 5.71. The summed E-state index contributed by atoms with van der Waals surface area (Å²) in [5.41, 5.74) is 0. The molecule has 0 saturated carbocycles. The van der Waals surface area contributed by atoms with Gasteiger partial charge in [0.2, 0.25) is 0 Å². The molecule has 1 unspecified atom stereocenters. The van der Waals surface area contributed by atoms with E-state index in [2.05, 4.69) is 34.6 Å². The summed E-state index contributed by atoms with van der Waals surface area (Å²) >= 11 is 0. The Balaban J connectivity index is 4.31. The SMILES string of the molecule is CCCCCCCCCCCCCCCCC(=O)OC[C@@H](COC(=O)CCCCCCCCCCCCCCC(C)C)OC(=O)CCCCCCCCCCC(C)CC. The first-order chi connectivity index (χ1) is 28.8. The van der Waals surface area contributed by atoms with Gasteiger partial charge in [-0.3, -0.25) is 14.4 Å². The largest absolute Gasteiger partial charge is 0.462 e. The van der Waals surface area contributed by atoms with Crippen LogP contribution in [0.15, 0.2) is 0 Å². The van der Waals surface area contributed by atoms with Crippen LogP contribution in [0.1, 0.15) is 291 Å². The molecular weight excluding hydrogens is 733 g/mol. The van der Waals surface area contributed by atoms with E-state index < -0.39 is 6.10 Å². The molecule has 0 amide bonds. The van der Waals surface area contributed by atoms with Gasteiger partial charge < -0.3 is 14.2 Å². The smallest absolute Gasteiger partial charge is 0.306 e. The maximum absolute atomic E-state index is 12.8. The van der Waals surface area contributed by atoms with Crippen LogP contribution in [-0.4, -0.2) is 37.2 Å². The Labute approximate surface area is 368 Å². The van der Waals surface area contributed by atoms with Crippen LogP contribution in [0.3, 0.4) is 0 Å². The van der Waals surface area contributed by atoms with Gasteiger partial charge in [0.05, 0.1) is 0 Å². The summed E-state index contributed by atoms with van der Waals surface area (Å²) in [5, 5.41) is 0. The Bertz CT molecular complexity index is 902. The minimum atomic E-state index is -0.762. The van der Waals surface area contributed by atoms with Gasteiger partial charge in [-0.15, -0.1) is 0 Å². The van der Waals surface area contributed by atoms with Crippen molar-refractivity contribution in [3.8, 4) is 0 Å². The van der Waals surface area contributed by atoms with Crippen LogP contribution in [0, 0.1) is 11.8 Å². The average Bonchev–Trinajstić information content (AvgIpc) is 3.22. The van der Waals surface area contributed by atoms with E-state index in [1.54, 1.807) is 0 Å². The van der Waals surface area contributed by atoms with Gasteiger partial charge in [-0.05, 0) is 31.1 Å². The predicted octanol–water partition coefficient (Wildman–Crippen LogP) is 16.9. The number of hydrogen-bond acceptors (Lipinski definition) is 6. The van der Waals surface area contributed by atoms with Crippen molar-refractivity contribution in [2.24, 2.45) is 11.8 Å². The van der Waals surface area contributed by atoms with Crippen LogP contribution >= 0.6 is 0 Å².